The van der Waals surface area contributed by atoms with Gasteiger partial charge in [-0.15, -0.1) is 11.3 Å². The van der Waals surface area contributed by atoms with Crippen molar-refractivity contribution in [2.24, 2.45) is 5.73 Å². The topological polar surface area (TPSA) is 133 Å². The number of aryl methyl sites for hydroxylation is 1. The van der Waals surface area contributed by atoms with Crippen molar-refractivity contribution in [1.29, 1.82) is 5.26 Å². The molecule has 2 saturated heterocycles. The molecule has 0 radical (unpaired) electrons. The second-order valence-corrected chi connectivity index (χ2v) is 10.7. The Morgan fingerprint density at radius 3 is 2.51 bits per heavy atom. The van der Waals surface area contributed by atoms with Gasteiger partial charge in [-0.25, -0.2) is 8.78 Å². The van der Waals surface area contributed by atoms with Gasteiger partial charge >= 0.3 is 0 Å². The Hall–Kier alpha value is -4.14. The molecular formula is C28H24F2N4O4S. The molecule has 3 N–H and O–H groups in total. The number of fused-ring (bicyclic) bond motifs is 3. The van der Waals surface area contributed by atoms with Gasteiger partial charge in [0.1, 0.15) is 17.7 Å². The minimum atomic E-state index is -0.676. The number of carbonyl (C=O) groups is 2. The van der Waals surface area contributed by atoms with Crippen molar-refractivity contribution in [3.05, 3.63) is 64.2 Å². The van der Waals surface area contributed by atoms with E-state index in [4.69, 9.17) is 25.4 Å². The van der Waals surface area contributed by atoms with Crippen molar-refractivity contribution in [2.45, 2.75) is 50.7 Å². The summed E-state index contributed by atoms with van der Waals surface area (Å²) < 4.78 is 35.3. The smallest absolute Gasteiger partial charge is 0.290 e. The molecule has 2 fully saturated rings. The molecule has 2 aromatic heterocycles. The summed E-state index contributed by atoms with van der Waals surface area (Å²) >= 11 is 1.18. The van der Waals surface area contributed by atoms with Gasteiger partial charge in [0.2, 0.25) is 0 Å². The number of nitrogens with zero attached hydrogens (tertiary/aromatic N) is 3. The van der Waals surface area contributed by atoms with E-state index in [-0.39, 0.29) is 41.6 Å². The zero-order valence-corrected chi connectivity index (χ0v) is 21.7. The summed E-state index contributed by atoms with van der Waals surface area (Å²) in [5.41, 5.74) is 8.31. The van der Waals surface area contributed by atoms with Gasteiger partial charge in [-0.05, 0) is 68.5 Å². The molecule has 2 atom stereocenters. The van der Waals surface area contributed by atoms with Crippen molar-refractivity contribution in [3.63, 3.8) is 0 Å². The quantitative estimate of drug-likeness (QED) is 0.323. The molecule has 2 aliphatic rings. The van der Waals surface area contributed by atoms with E-state index in [2.05, 4.69) is 5.16 Å². The summed E-state index contributed by atoms with van der Waals surface area (Å²) in [4.78, 5) is 24.9. The summed E-state index contributed by atoms with van der Waals surface area (Å²) in [6, 6.07) is 11.0. The lowest BCUT2D eigenvalue weighted by Gasteiger charge is -2.37. The first kappa shape index (κ1) is 26.5. The van der Waals surface area contributed by atoms with Gasteiger partial charge < -0.3 is 20.3 Å². The summed E-state index contributed by atoms with van der Waals surface area (Å²) in [6.07, 6.45) is 3.38. The maximum atomic E-state index is 15.4. The molecule has 4 aromatic rings. The van der Waals surface area contributed by atoms with Crippen LogP contribution in [0.2, 0.25) is 0 Å². The van der Waals surface area contributed by atoms with Gasteiger partial charge in [-0.2, -0.15) is 5.26 Å². The third-order valence-corrected chi connectivity index (χ3v) is 8.49. The number of nitrogens with two attached hydrogens (primary N) is 1. The maximum Gasteiger partial charge on any atom is 0.290 e. The molecular weight excluding hydrogens is 526 g/mol. The second-order valence-electron chi connectivity index (χ2n) is 9.69. The Kier molecular flexibility index (Phi) is 7.16. The van der Waals surface area contributed by atoms with E-state index in [0.29, 0.717) is 37.5 Å². The second kappa shape index (κ2) is 10.6. The van der Waals surface area contributed by atoms with Crippen LogP contribution in [0.1, 0.15) is 46.6 Å². The number of carbonyl (C=O) groups excluding carboxylic acids is 1. The third kappa shape index (κ3) is 4.77. The molecule has 1 amide bonds. The molecule has 200 valence electrons. The van der Waals surface area contributed by atoms with Crippen LogP contribution in [0.15, 0.2) is 40.9 Å². The normalized spacial score (nSPS) is 19.9. The summed E-state index contributed by atoms with van der Waals surface area (Å²) in [7, 11) is 0. The summed E-state index contributed by atoms with van der Waals surface area (Å²) in [5.74, 6) is -1.28. The number of hydrogen-bond donors (Lipinski definition) is 2. The van der Waals surface area contributed by atoms with Crippen LogP contribution in [0.5, 0.6) is 0 Å². The monoisotopic (exact) mass is 550 g/mol. The van der Waals surface area contributed by atoms with Gasteiger partial charge in [0, 0.05) is 39.5 Å². The molecule has 0 saturated carbocycles. The highest BCUT2D eigenvalue weighted by molar-refractivity contribution is 7.18. The van der Waals surface area contributed by atoms with Crippen molar-refractivity contribution in [2.75, 3.05) is 0 Å². The molecule has 2 aliphatic heterocycles. The maximum absolute atomic E-state index is 15.4. The number of aromatic nitrogens is 1. The molecule has 8 nitrogen and oxygen atoms in total. The highest BCUT2D eigenvalue weighted by Crippen LogP contribution is 2.44. The van der Waals surface area contributed by atoms with E-state index in [1.54, 1.807) is 25.1 Å². The van der Waals surface area contributed by atoms with Crippen LogP contribution in [-0.4, -0.2) is 45.7 Å². The average molecular weight is 551 g/mol. The highest BCUT2D eigenvalue weighted by atomic mass is 32.1. The van der Waals surface area contributed by atoms with Gasteiger partial charge in [-0.1, -0.05) is 11.2 Å². The van der Waals surface area contributed by atoms with Gasteiger partial charge in [0.25, 0.3) is 12.4 Å². The van der Waals surface area contributed by atoms with Gasteiger partial charge in [-0.3, -0.25) is 9.59 Å². The van der Waals surface area contributed by atoms with E-state index < -0.39 is 11.6 Å². The van der Waals surface area contributed by atoms with Crippen LogP contribution in [0, 0.1) is 29.9 Å². The predicted molar refractivity (Wildman–Crippen MR) is 141 cm³/mol. The number of rotatable bonds is 3. The lowest BCUT2D eigenvalue weighted by atomic mass is 9.97. The number of hydrogen-bond acceptors (Lipinski definition) is 7. The van der Waals surface area contributed by atoms with E-state index >= 15 is 4.39 Å². The molecule has 6 rings (SSSR count). The van der Waals surface area contributed by atoms with Crippen LogP contribution in [0.25, 0.3) is 32.5 Å². The van der Waals surface area contributed by atoms with E-state index in [1.165, 1.54) is 29.5 Å². The first-order valence-electron chi connectivity index (χ1n) is 12.3. The summed E-state index contributed by atoms with van der Waals surface area (Å²) in [6.45, 7) is 1.48. The number of piperidine rings is 1. The van der Waals surface area contributed by atoms with Crippen LogP contribution in [0.3, 0.4) is 0 Å². The number of halogens is 2. The zero-order valence-electron chi connectivity index (χ0n) is 20.9. The van der Waals surface area contributed by atoms with E-state index in [1.807, 2.05) is 11.0 Å². The van der Waals surface area contributed by atoms with Crippen molar-refractivity contribution >= 4 is 34.7 Å². The first-order valence-corrected chi connectivity index (χ1v) is 13.1. The Labute approximate surface area is 226 Å². The number of carboxylic acid groups (broad SMARTS) is 1. The molecule has 39 heavy (non-hydrogen) atoms. The molecule has 2 unspecified atom stereocenters. The molecule has 0 spiro atoms. The third-order valence-electron chi connectivity index (χ3n) is 7.33. The SMILES string of the molecule is Cc1noc2cc(-c3sc(C(=O)N4C5CCC4CC(N)C5)cc3-c3ccc(C#N)c(F)c3)c(F)cc12.O=CO. The zero-order chi connectivity index (χ0) is 27.8. The number of benzene rings is 2. The minimum Gasteiger partial charge on any atom is -0.483 e. The highest BCUT2D eigenvalue weighted by Gasteiger charge is 2.43. The number of amides is 1. The van der Waals surface area contributed by atoms with Crippen LogP contribution < -0.4 is 5.73 Å². The fourth-order valence-corrected chi connectivity index (χ4v) is 6.76. The standard InChI is InChI=1S/C27H22F2N4O2S.CH2O2/c1-13-19-9-23(29)21(10-24(19)35-32-13)26-20(14-2-3-15(12-30)22(28)6-14)11-25(36-26)27(34)33-17-4-5-18(33)8-16(31)7-17;2-1-3/h2-3,6,9-11,16-18H,4-5,7-8,31H2,1H3;1H,(H,2,3). The lowest BCUT2D eigenvalue weighted by Crippen LogP contribution is -2.49. The number of nitriles is 1. The van der Waals surface area contributed by atoms with E-state index in [9.17, 15) is 9.18 Å². The fourth-order valence-electron chi connectivity index (χ4n) is 5.61. The molecule has 2 bridgehead atoms. The molecule has 2 aromatic carbocycles. The van der Waals surface area contributed by atoms with Crippen LogP contribution in [-0.2, 0) is 4.79 Å². The minimum absolute atomic E-state index is 0.0854. The largest absolute Gasteiger partial charge is 0.483 e. The van der Waals surface area contributed by atoms with Crippen LogP contribution in [0.4, 0.5) is 8.78 Å². The van der Waals surface area contributed by atoms with Crippen molar-refractivity contribution in [1.82, 2.24) is 10.1 Å². The van der Waals surface area contributed by atoms with Gasteiger partial charge in [0.05, 0.1) is 16.1 Å². The Morgan fingerprint density at radius 2 is 1.87 bits per heavy atom. The van der Waals surface area contributed by atoms with E-state index in [0.717, 1.165) is 25.7 Å². The predicted octanol–water partition coefficient (Wildman–Crippen LogP) is 5.48. The van der Waals surface area contributed by atoms with Gasteiger partial charge in [0.15, 0.2) is 5.58 Å². The summed E-state index contributed by atoms with van der Waals surface area (Å²) in [5, 5.41) is 20.5. The molecule has 0 aliphatic carbocycles. The van der Waals surface area contributed by atoms with Crippen LogP contribution >= 0.6 is 11.3 Å². The number of thiophene rings is 1. The Balaban J connectivity index is 0.000000983. The first-order chi connectivity index (χ1) is 18.7. The Bertz CT molecular complexity index is 1610. The van der Waals surface area contributed by atoms with Crippen molar-refractivity contribution < 1.29 is 28.0 Å². The molecule has 4 heterocycles. The average Bonchev–Trinajstić information content (AvgIpc) is 3.58. The van der Waals surface area contributed by atoms with Crippen molar-refractivity contribution in [3.8, 4) is 27.6 Å². The Morgan fingerprint density at radius 1 is 1.18 bits per heavy atom. The fraction of sp³-hybridized carbons (Fsp3) is 0.286. The molecule has 11 heteroatoms. The lowest BCUT2D eigenvalue weighted by molar-refractivity contribution is -0.122.